The summed E-state index contributed by atoms with van der Waals surface area (Å²) in [5, 5.41) is 1.08. The largest absolute Gasteiger partial charge is 0.320 e. The van der Waals surface area contributed by atoms with Crippen LogP contribution in [-0.4, -0.2) is 9.38 Å². The summed E-state index contributed by atoms with van der Waals surface area (Å²) in [5.74, 6) is 0.957. The normalized spacial score (nSPS) is 10.8. The van der Waals surface area contributed by atoms with Crippen LogP contribution in [0.3, 0.4) is 0 Å². The summed E-state index contributed by atoms with van der Waals surface area (Å²) in [6.45, 7) is 0. The Kier molecular flexibility index (Phi) is 2.84. The lowest BCUT2D eigenvalue weighted by Crippen LogP contribution is -1.88. The molecule has 2 nitrogen and oxygen atoms in total. The fraction of sp³-hybridized carbons (Fsp3) is 0.0714. The molecule has 84 valence electrons. The second kappa shape index (κ2) is 4.63. The van der Waals surface area contributed by atoms with Crippen molar-refractivity contribution in [3.05, 3.63) is 66.6 Å². The zero-order chi connectivity index (χ0) is 11.5. The lowest BCUT2D eigenvalue weighted by atomic mass is 10.2. The van der Waals surface area contributed by atoms with Crippen molar-refractivity contribution in [3.63, 3.8) is 0 Å². The molecule has 2 aromatic heterocycles. The van der Waals surface area contributed by atoms with Crippen molar-refractivity contribution in [3.8, 4) is 0 Å². The predicted molar refractivity (Wildman–Crippen MR) is 71.2 cm³/mol. The lowest BCUT2D eigenvalue weighted by Gasteiger charge is -2.03. The van der Waals surface area contributed by atoms with Crippen LogP contribution in [0.4, 0.5) is 0 Å². The van der Waals surface area contributed by atoms with Crippen LogP contribution in [-0.2, 0) is 5.75 Å². The maximum atomic E-state index is 4.44. The van der Waals surface area contributed by atoms with E-state index in [0.29, 0.717) is 0 Å². The van der Waals surface area contributed by atoms with Crippen LogP contribution < -0.4 is 0 Å². The van der Waals surface area contributed by atoms with Gasteiger partial charge in [-0.15, -0.1) is 0 Å². The van der Waals surface area contributed by atoms with E-state index in [4.69, 9.17) is 0 Å². The Labute approximate surface area is 104 Å². The third kappa shape index (κ3) is 2.19. The van der Waals surface area contributed by atoms with E-state index in [1.807, 2.05) is 30.7 Å². The SMILES string of the molecule is c1ccc(CSc2nccn3cccc23)cc1. The molecule has 0 radical (unpaired) electrons. The quantitative estimate of drug-likeness (QED) is 0.650. The highest BCUT2D eigenvalue weighted by molar-refractivity contribution is 7.98. The van der Waals surface area contributed by atoms with Crippen molar-refractivity contribution >= 4 is 17.3 Å². The second-order valence-electron chi connectivity index (χ2n) is 3.81. The molecule has 1 aromatic carbocycles. The second-order valence-corrected chi connectivity index (χ2v) is 4.77. The Morgan fingerprint density at radius 3 is 2.76 bits per heavy atom. The minimum absolute atomic E-state index is 0.957. The first kappa shape index (κ1) is 10.4. The molecule has 0 N–H and O–H groups in total. The van der Waals surface area contributed by atoms with Crippen LogP contribution in [0.5, 0.6) is 0 Å². The zero-order valence-electron chi connectivity index (χ0n) is 9.28. The first-order chi connectivity index (χ1) is 8.43. The Balaban J connectivity index is 1.84. The van der Waals surface area contributed by atoms with E-state index < -0.39 is 0 Å². The smallest absolute Gasteiger partial charge is 0.120 e. The molecule has 3 aromatic rings. The van der Waals surface area contributed by atoms with Crippen LogP contribution in [0.15, 0.2) is 66.1 Å². The summed E-state index contributed by atoms with van der Waals surface area (Å²) in [5.41, 5.74) is 2.50. The van der Waals surface area contributed by atoms with Gasteiger partial charge in [-0.05, 0) is 17.7 Å². The van der Waals surface area contributed by atoms with E-state index in [1.165, 1.54) is 11.1 Å². The highest BCUT2D eigenvalue weighted by Crippen LogP contribution is 2.24. The molecule has 0 unspecified atom stereocenters. The Morgan fingerprint density at radius 2 is 1.88 bits per heavy atom. The van der Waals surface area contributed by atoms with Crippen LogP contribution >= 0.6 is 11.8 Å². The van der Waals surface area contributed by atoms with Gasteiger partial charge in [-0.25, -0.2) is 4.98 Å². The molecular formula is C14H12N2S. The number of fused-ring (bicyclic) bond motifs is 1. The molecular weight excluding hydrogens is 228 g/mol. The molecule has 0 saturated carbocycles. The summed E-state index contributed by atoms with van der Waals surface area (Å²) in [6, 6.07) is 14.6. The van der Waals surface area contributed by atoms with Crippen LogP contribution in [0.2, 0.25) is 0 Å². The van der Waals surface area contributed by atoms with Crippen molar-refractivity contribution in [2.24, 2.45) is 0 Å². The van der Waals surface area contributed by atoms with Gasteiger partial charge < -0.3 is 4.40 Å². The fourth-order valence-electron chi connectivity index (χ4n) is 1.78. The van der Waals surface area contributed by atoms with Crippen molar-refractivity contribution in [1.29, 1.82) is 0 Å². The number of hydrogen-bond acceptors (Lipinski definition) is 2. The Bertz CT molecular complexity index is 616. The summed E-state index contributed by atoms with van der Waals surface area (Å²) in [7, 11) is 0. The molecule has 0 amide bonds. The van der Waals surface area contributed by atoms with Crippen LogP contribution in [0, 0.1) is 0 Å². The minimum atomic E-state index is 0.957. The van der Waals surface area contributed by atoms with Gasteiger partial charge in [0, 0.05) is 24.3 Å². The zero-order valence-corrected chi connectivity index (χ0v) is 10.1. The maximum absolute atomic E-state index is 4.44. The van der Waals surface area contributed by atoms with Crippen molar-refractivity contribution in [2.75, 3.05) is 0 Å². The molecule has 0 bridgehead atoms. The Hall–Kier alpha value is -1.74. The maximum Gasteiger partial charge on any atom is 0.120 e. The van der Waals surface area contributed by atoms with E-state index in [1.54, 1.807) is 11.8 Å². The van der Waals surface area contributed by atoms with E-state index in [2.05, 4.69) is 39.7 Å². The summed E-state index contributed by atoms with van der Waals surface area (Å²) >= 11 is 1.78. The van der Waals surface area contributed by atoms with Gasteiger partial charge in [0.2, 0.25) is 0 Å². The van der Waals surface area contributed by atoms with Gasteiger partial charge in [-0.1, -0.05) is 42.1 Å². The fourth-order valence-corrected chi connectivity index (χ4v) is 2.73. The number of hydrogen-bond donors (Lipinski definition) is 0. The van der Waals surface area contributed by atoms with Gasteiger partial charge in [0.05, 0.1) is 5.52 Å². The lowest BCUT2D eigenvalue weighted by molar-refractivity contribution is 1.05. The van der Waals surface area contributed by atoms with Crippen LogP contribution in [0.25, 0.3) is 5.52 Å². The molecule has 2 heterocycles. The average molecular weight is 240 g/mol. The molecule has 0 atom stereocenters. The number of thioether (sulfide) groups is 1. The molecule has 0 aliphatic rings. The topological polar surface area (TPSA) is 17.3 Å². The average Bonchev–Trinajstić information content (AvgIpc) is 2.86. The van der Waals surface area contributed by atoms with Gasteiger partial charge >= 0.3 is 0 Å². The summed E-state index contributed by atoms with van der Waals surface area (Å²) in [4.78, 5) is 4.44. The molecule has 0 spiro atoms. The number of aromatic nitrogens is 2. The van der Waals surface area contributed by atoms with Gasteiger partial charge in [-0.2, -0.15) is 0 Å². The van der Waals surface area contributed by atoms with Crippen molar-refractivity contribution < 1.29 is 0 Å². The highest BCUT2D eigenvalue weighted by Gasteiger charge is 2.02. The number of benzene rings is 1. The van der Waals surface area contributed by atoms with E-state index in [-0.39, 0.29) is 0 Å². The molecule has 0 fully saturated rings. The third-order valence-electron chi connectivity index (χ3n) is 2.64. The van der Waals surface area contributed by atoms with Crippen LogP contribution in [0.1, 0.15) is 5.56 Å². The molecule has 0 saturated heterocycles. The van der Waals surface area contributed by atoms with E-state index >= 15 is 0 Å². The monoisotopic (exact) mass is 240 g/mol. The third-order valence-corrected chi connectivity index (χ3v) is 3.70. The van der Waals surface area contributed by atoms with Gasteiger partial charge in [0.25, 0.3) is 0 Å². The first-order valence-corrected chi connectivity index (χ1v) is 6.50. The highest BCUT2D eigenvalue weighted by atomic mass is 32.2. The predicted octanol–water partition coefficient (Wildman–Crippen LogP) is 3.63. The first-order valence-electron chi connectivity index (χ1n) is 5.52. The van der Waals surface area contributed by atoms with Crippen molar-refractivity contribution in [2.45, 2.75) is 10.8 Å². The number of rotatable bonds is 3. The number of nitrogens with zero attached hydrogens (tertiary/aromatic N) is 2. The molecule has 17 heavy (non-hydrogen) atoms. The van der Waals surface area contributed by atoms with E-state index in [9.17, 15) is 0 Å². The molecule has 0 aliphatic heterocycles. The standard InChI is InChI=1S/C14H12N2S/c1-2-5-12(6-3-1)11-17-14-13-7-4-9-16(13)10-8-15-14/h1-10H,11H2. The van der Waals surface area contributed by atoms with E-state index in [0.717, 1.165) is 10.8 Å². The summed E-state index contributed by atoms with van der Waals surface area (Å²) < 4.78 is 2.10. The molecule has 3 rings (SSSR count). The molecule has 0 aliphatic carbocycles. The summed E-state index contributed by atoms with van der Waals surface area (Å²) in [6.07, 6.45) is 5.87. The van der Waals surface area contributed by atoms with Gasteiger partial charge in [-0.3, -0.25) is 0 Å². The Morgan fingerprint density at radius 1 is 1.00 bits per heavy atom. The molecule has 3 heteroatoms. The van der Waals surface area contributed by atoms with Crippen molar-refractivity contribution in [1.82, 2.24) is 9.38 Å². The minimum Gasteiger partial charge on any atom is -0.320 e. The van der Waals surface area contributed by atoms with Gasteiger partial charge in [0.15, 0.2) is 0 Å². The van der Waals surface area contributed by atoms with Gasteiger partial charge in [0.1, 0.15) is 5.03 Å².